The summed E-state index contributed by atoms with van der Waals surface area (Å²) in [7, 11) is 0. The van der Waals surface area contributed by atoms with Crippen molar-refractivity contribution in [3.05, 3.63) is 102 Å². The van der Waals surface area contributed by atoms with Crippen molar-refractivity contribution in [2.45, 2.75) is 17.9 Å². The Bertz CT molecular complexity index is 1420. The maximum absolute atomic E-state index is 13.7. The highest BCUT2D eigenvalue weighted by molar-refractivity contribution is 7.98. The predicted molar refractivity (Wildman–Crippen MR) is 131 cm³/mol. The minimum absolute atomic E-state index is 0.168. The number of nitrogens with zero attached hydrogens (tertiary/aromatic N) is 3. The topological polar surface area (TPSA) is 71.3 Å². The molecule has 4 aromatic rings. The number of halogens is 2. The number of rotatable bonds is 5. The molecule has 1 N–H and O–H groups in total. The average Bonchev–Trinajstić information content (AvgIpc) is 3.34. The molecule has 6 nitrogen and oxygen atoms in total. The summed E-state index contributed by atoms with van der Waals surface area (Å²) in [6.45, 7) is 1.79. The third-order valence-electron chi connectivity index (χ3n) is 5.76. The molecule has 35 heavy (non-hydrogen) atoms. The minimum atomic E-state index is -0.661. The predicted octanol–water partition coefficient (Wildman–Crippen LogP) is 6.44. The van der Waals surface area contributed by atoms with Crippen LogP contribution in [0.5, 0.6) is 0 Å². The smallest absolute Gasteiger partial charge is 0.326 e. The second-order valence-electron chi connectivity index (χ2n) is 7.90. The van der Waals surface area contributed by atoms with E-state index < -0.39 is 11.9 Å². The fourth-order valence-electron chi connectivity index (χ4n) is 4.05. The van der Waals surface area contributed by atoms with Crippen LogP contribution in [0.1, 0.15) is 24.4 Å². The lowest BCUT2D eigenvalue weighted by Crippen LogP contribution is -2.46. The Labute approximate surface area is 204 Å². The standard InChI is InChI=1S/C26H20F2N4O2S/c1-15-22(25-30-24(31-34-25)17-4-3-5-19(28)14-17)23(16-6-8-18(27)9-7-16)29-26(33)32(15)20-10-12-21(35-2)13-11-20/h3-14,23H,1-2H3,(H,29,33). The van der Waals surface area contributed by atoms with Crippen LogP contribution in [0.4, 0.5) is 19.3 Å². The Kier molecular flexibility index (Phi) is 6.08. The zero-order valence-electron chi connectivity index (χ0n) is 18.8. The molecule has 0 fully saturated rings. The first kappa shape index (κ1) is 22.8. The van der Waals surface area contributed by atoms with Gasteiger partial charge in [0, 0.05) is 16.2 Å². The monoisotopic (exact) mass is 490 g/mol. The Morgan fingerprint density at radius 2 is 1.74 bits per heavy atom. The summed E-state index contributed by atoms with van der Waals surface area (Å²) in [5.74, 6) is -0.426. The Morgan fingerprint density at radius 3 is 2.43 bits per heavy atom. The SMILES string of the molecule is CSc1ccc(N2C(=O)NC(c3ccc(F)cc3)C(c3nc(-c4cccc(F)c4)no3)=C2C)cc1. The van der Waals surface area contributed by atoms with Crippen molar-refractivity contribution in [3.63, 3.8) is 0 Å². The molecule has 2 heterocycles. The van der Waals surface area contributed by atoms with Crippen molar-refractivity contribution in [1.82, 2.24) is 15.5 Å². The zero-order valence-corrected chi connectivity index (χ0v) is 19.6. The van der Waals surface area contributed by atoms with Crippen molar-refractivity contribution in [1.29, 1.82) is 0 Å². The highest BCUT2D eigenvalue weighted by Gasteiger charge is 2.36. The number of anilines is 1. The van der Waals surface area contributed by atoms with Gasteiger partial charge in [0.1, 0.15) is 11.6 Å². The van der Waals surface area contributed by atoms with Gasteiger partial charge in [0.2, 0.25) is 5.82 Å². The summed E-state index contributed by atoms with van der Waals surface area (Å²) < 4.78 is 33.0. The van der Waals surface area contributed by atoms with Gasteiger partial charge in [-0.05, 0) is 67.3 Å². The van der Waals surface area contributed by atoms with Crippen molar-refractivity contribution in [2.75, 3.05) is 11.2 Å². The summed E-state index contributed by atoms with van der Waals surface area (Å²) in [6.07, 6.45) is 1.98. The first-order valence-electron chi connectivity index (χ1n) is 10.8. The van der Waals surface area contributed by atoms with Crippen LogP contribution in [0.25, 0.3) is 17.0 Å². The Morgan fingerprint density at radius 1 is 1.00 bits per heavy atom. The normalized spacial score (nSPS) is 15.9. The number of urea groups is 1. The minimum Gasteiger partial charge on any atom is -0.334 e. The first-order valence-corrected chi connectivity index (χ1v) is 12.0. The second-order valence-corrected chi connectivity index (χ2v) is 8.78. The number of carbonyl (C=O) groups excluding carboxylic acids is 1. The van der Waals surface area contributed by atoms with Crippen molar-refractivity contribution >= 4 is 29.1 Å². The van der Waals surface area contributed by atoms with Gasteiger partial charge in [-0.25, -0.2) is 13.6 Å². The van der Waals surface area contributed by atoms with Gasteiger partial charge in [0.15, 0.2) is 0 Å². The molecule has 1 atom stereocenters. The van der Waals surface area contributed by atoms with E-state index in [1.54, 1.807) is 43.0 Å². The van der Waals surface area contributed by atoms with Crippen LogP contribution in [0.3, 0.4) is 0 Å². The molecule has 2 amide bonds. The summed E-state index contributed by atoms with van der Waals surface area (Å²) in [6, 6.07) is 18.3. The van der Waals surface area contributed by atoms with Gasteiger partial charge in [-0.3, -0.25) is 4.90 Å². The van der Waals surface area contributed by atoms with E-state index in [4.69, 9.17) is 4.52 Å². The summed E-state index contributed by atoms with van der Waals surface area (Å²) >= 11 is 1.60. The number of nitrogens with one attached hydrogen (secondary N) is 1. The zero-order chi connectivity index (χ0) is 24.5. The van der Waals surface area contributed by atoms with Crippen LogP contribution >= 0.6 is 11.8 Å². The summed E-state index contributed by atoms with van der Waals surface area (Å²) in [5, 5.41) is 7.02. The van der Waals surface area contributed by atoms with Gasteiger partial charge in [-0.1, -0.05) is 29.4 Å². The highest BCUT2D eigenvalue weighted by Crippen LogP contribution is 2.39. The van der Waals surface area contributed by atoms with Crippen molar-refractivity contribution < 1.29 is 18.1 Å². The summed E-state index contributed by atoms with van der Waals surface area (Å²) in [5.41, 5.74) is 2.91. The molecule has 5 rings (SSSR count). The maximum Gasteiger partial charge on any atom is 0.326 e. The lowest BCUT2D eigenvalue weighted by molar-refractivity contribution is 0.244. The summed E-state index contributed by atoms with van der Waals surface area (Å²) in [4.78, 5) is 20.4. The third-order valence-corrected chi connectivity index (χ3v) is 6.50. The maximum atomic E-state index is 13.7. The number of carbonyl (C=O) groups is 1. The third kappa shape index (κ3) is 4.42. The molecule has 3 aromatic carbocycles. The average molecular weight is 491 g/mol. The number of hydrogen-bond donors (Lipinski definition) is 1. The van der Waals surface area contributed by atoms with E-state index in [0.717, 1.165) is 4.90 Å². The molecule has 0 radical (unpaired) electrons. The molecule has 1 aliphatic rings. The van der Waals surface area contributed by atoms with E-state index >= 15 is 0 Å². The van der Waals surface area contributed by atoms with E-state index in [9.17, 15) is 13.6 Å². The van der Waals surface area contributed by atoms with Crippen LogP contribution in [0.2, 0.25) is 0 Å². The van der Waals surface area contributed by atoms with Gasteiger partial charge < -0.3 is 9.84 Å². The lowest BCUT2D eigenvalue weighted by atomic mass is 9.94. The number of allylic oxidation sites excluding steroid dienone is 1. The number of hydrogen-bond acceptors (Lipinski definition) is 5. The lowest BCUT2D eigenvalue weighted by Gasteiger charge is -2.35. The molecule has 0 saturated carbocycles. The number of aromatic nitrogens is 2. The van der Waals surface area contributed by atoms with Gasteiger partial charge in [0.05, 0.1) is 17.3 Å². The fourth-order valence-corrected chi connectivity index (χ4v) is 4.45. The van der Waals surface area contributed by atoms with E-state index in [0.29, 0.717) is 28.1 Å². The second kappa shape index (κ2) is 9.34. The molecule has 0 spiro atoms. The van der Waals surface area contributed by atoms with Crippen molar-refractivity contribution in [2.24, 2.45) is 0 Å². The van der Waals surface area contributed by atoms with Gasteiger partial charge in [0.25, 0.3) is 5.89 Å². The fraction of sp³-hybridized carbons (Fsp3) is 0.115. The van der Waals surface area contributed by atoms with Crippen LogP contribution in [-0.4, -0.2) is 22.4 Å². The van der Waals surface area contributed by atoms with Crippen LogP contribution < -0.4 is 10.2 Å². The number of thioether (sulfide) groups is 1. The van der Waals surface area contributed by atoms with Gasteiger partial charge in [-0.2, -0.15) is 4.98 Å². The molecule has 1 aliphatic heterocycles. The highest BCUT2D eigenvalue weighted by atomic mass is 32.2. The van der Waals surface area contributed by atoms with E-state index in [1.165, 1.54) is 29.2 Å². The molecule has 9 heteroatoms. The number of benzene rings is 3. The largest absolute Gasteiger partial charge is 0.334 e. The van der Waals surface area contributed by atoms with Crippen LogP contribution in [-0.2, 0) is 0 Å². The molecule has 0 aliphatic carbocycles. The molecular weight excluding hydrogens is 470 g/mol. The molecule has 176 valence electrons. The molecule has 1 unspecified atom stereocenters. The molecule has 0 saturated heterocycles. The Hall–Kier alpha value is -3.98. The van der Waals surface area contributed by atoms with Crippen molar-refractivity contribution in [3.8, 4) is 11.4 Å². The van der Waals surface area contributed by atoms with Crippen LogP contribution in [0, 0.1) is 11.6 Å². The van der Waals surface area contributed by atoms with Gasteiger partial charge in [-0.15, -0.1) is 11.8 Å². The first-order chi connectivity index (χ1) is 16.9. The van der Waals surface area contributed by atoms with E-state index in [-0.39, 0.29) is 23.6 Å². The molecular formula is C26H20F2N4O2S. The van der Waals surface area contributed by atoms with Gasteiger partial charge >= 0.3 is 6.03 Å². The molecule has 0 bridgehead atoms. The van der Waals surface area contributed by atoms with E-state index in [1.807, 2.05) is 30.5 Å². The van der Waals surface area contributed by atoms with E-state index in [2.05, 4.69) is 15.5 Å². The van der Waals surface area contributed by atoms with Crippen LogP contribution in [0.15, 0.2) is 87.9 Å². The number of amides is 2. The Balaban J connectivity index is 1.64. The quantitative estimate of drug-likeness (QED) is 0.326. The molecule has 1 aromatic heterocycles.